The van der Waals surface area contributed by atoms with Crippen molar-refractivity contribution < 1.29 is 22.7 Å². The van der Waals surface area contributed by atoms with Gasteiger partial charge in [0.05, 0.1) is 25.0 Å². The molecule has 196 valence electrons. The fourth-order valence-corrected chi connectivity index (χ4v) is 6.44. The van der Waals surface area contributed by atoms with Crippen LogP contribution in [0, 0.1) is 0 Å². The SMILES string of the molecule is COc1ccc(N(C)C(=O)C2Cc3cccc(c3)CS(=O)(=O)Cc3[nH]c4ccccc4c3CC(=O)N2)cc1. The molecule has 2 amide bonds. The van der Waals surface area contributed by atoms with E-state index < -0.39 is 15.9 Å². The van der Waals surface area contributed by atoms with E-state index in [0.29, 0.717) is 28.3 Å². The number of nitrogens with one attached hydrogen (secondary N) is 2. The van der Waals surface area contributed by atoms with Crippen molar-refractivity contribution in [2.45, 2.75) is 30.4 Å². The fourth-order valence-electron chi connectivity index (χ4n) is 4.96. The normalized spacial score (nSPS) is 17.3. The smallest absolute Gasteiger partial charge is 0.249 e. The third-order valence-electron chi connectivity index (χ3n) is 6.85. The van der Waals surface area contributed by atoms with E-state index in [4.69, 9.17) is 4.74 Å². The second-order valence-electron chi connectivity index (χ2n) is 9.58. The van der Waals surface area contributed by atoms with Crippen molar-refractivity contribution in [1.29, 1.82) is 0 Å². The summed E-state index contributed by atoms with van der Waals surface area (Å²) in [7, 11) is -0.292. The lowest BCUT2D eigenvalue weighted by Gasteiger charge is -2.25. The van der Waals surface area contributed by atoms with Gasteiger partial charge in [-0.2, -0.15) is 0 Å². The summed E-state index contributed by atoms with van der Waals surface area (Å²) in [4.78, 5) is 31.8. The summed E-state index contributed by atoms with van der Waals surface area (Å²) in [5.74, 6) is -0.314. The van der Waals surface area contributed by atoms with Crippen LogP contribution in [0.2, 0.25) is 0 Å². The van der Waals surface area contributed by atoms with Crippen LogP contribution in [0.3, 0.4) is 0 Å². The first-order valence-corrected chi connectivity index (χ1v) is 14.1. The molecule has 9 heteroatoms. The number of hydrogen-bond acceptors (Lipinski definition) is 5. The van der Waals surface area contributed by atoms with E-state index in [9.17, 15) is 18.0 Å². The van der Waals surface area contributed by atoms with Gasteiger partial charge in [-0.1, -0.05) is 42.5 Å². The number of rotatable bonds is 3. The zero-order valence-electron chi connectivity index (χ0n) is 21.2. The van der Waals surface area contributed by atoms with Crippen molar-refractivity contribution in [2.24, 2.45) is 0 Å². The van der Waals surface area contributed by atoms with Crippen LogP contribution in [0.15, 0.2) is 72.8 Å². The van der Waals surface area contributed by atoms with Crippen molar-refractivity contribution in [1.82, 2.24) is 10.3 Å². The van der Waals surface area contributed by atoms with Gasteiger partial charge in [-0.3, -0.25) is 9.59 Å². The van der Waals surface area contributed by atoms with Gasteiger partial charge in [-0.05, 0) is 47.0 Å². The topological polar surface area (TPSA) is 109 Å². The number of carbonyl (C=O) groups excluding carboxylic acids is 2. The number of anilines is 1. The lowest BCUT2D eigenvalue weighted by atomic mass is 10.0. The number of H-pyrrole nitrogens is 1. The molecule has 0 aliphatic carbocycles. The van der Waals surface area contributed by atoms with Gasteiger partial charge < -0.3 is 19.9 Å². The third-order valence-corrected chi connectivity index (χ3v) is 8.35. The van der Waals surface area contributed by atoms with Crippen LogP contribution < -0.4 is 15.0 Å². The summed E-state index contributed by atoms with van der Waals surface area (Å²) >= 11 is 0. The number of para-hydroxylation sites is 1. The Hall–Kier alpha value is -4.11. The van der Waals surface area contributed by atoms with Crippen molar-refractivity contribution in [3.8, 4) is 5.75 Å². The molecule has 1 atom stereocenters. The Morgan fingerprint density at radius 3 is 2.47 bits per heavy atom. The highest BCUT2D eigenvalue weighted by Crippen LogP contribution is 2.26. The zero-order valence-corrected chi connectivity index (χ0v) is 22.0. The number of methoxy groups -OCH3 is 1. The number of sulfone groups is 1. The minimum Gasteiger partial charge on any atom is -0.497 e. The van der Waals surface area contributed by atoms with Crippen molar-refractivity contribution >= 4 is 38.2 Å². The highest BCUT2D eigenvalue weighted by Gasteiger charge is 2.28. The molecule has 0 saturated heterocycles. The molecule has 8 nitrogen and oxygen atoms in total. The maximum Gasteiger partial charge on any atom is 0.249 e. The van der Waals surface area contributed by atoms with Crippen LogP contribution in [0.4, 0.5) is 5.69 Å². The number of likely N-dealkylation sites (N-methyl/N-ethyl adjacent to an activating group) is 1. The van der Waals surface area contributed by atoms with Gasteiger partial charge in [-0.25, -0.2) is 8.42 Å². The molecule has 4 aromatic rings. The Bertz CT molecular complexity index is 1610. The molecule has 0 spiro atoms. The second-order valence-corrected chi connectivity index (χ2v) is 11.6. The number of aromatic amines is 1. The highest BCUT2D eigenvalue weighted by atomic mass is 32.2. The summed E-state index contributed by atoms with van der Waals surface area (Å²) in [6.07, 6.45) is 0.169. The largest absolute Gasteiger partial charge is 0.497 e. The van der Waals surface area contributed by atoms with Crippen molar-refractivity contribution in [3.63, 3.8) is 0 Å². The quantitative estimate of drug-likeness (QED) is 0.421. The van der Waals surface area contributed by atoms with Gasteiger partial charge >= 0.3 is 0 Å². The average Bonchev–Trinajstić information content (AvgIpc) is 3.22. The number of carbonyl (C=O) groups is 2. The molecule has 2 heterocycles. The summed E-state index contributed by atoms with van der Waals surface area (Å²) in [5, 5.41) is 3.73. The zero-order chi connectivity index (χ0) is 26.9. The lowest BCUT2D eigenvalue weighted by molar-refractivity contribution is -0.127. The summed E-state index contributed by atoms with van der Waals surface area (Å²) in [6.45, 7) is 0. The molecule has 2 bridgehead atoms. The van der Waals surface area contributed by atoms with E-state index in [0.717, 1.165) is 16.5 Å². The van der Waals surface area contributed by atoms with Crippen LogP contribution >= 0.6 is 0 Å². The van der Waals surface area contributed by atoms with Gasteiger partial charge in [0, 0.05) is 35.8 Å². The molecule has 1 aromatic heterocycles. The number of aromatic nitrogens is 1. The maximum atomic E-state index is 13.7. The second kappa shape index (κ2) is 10.3. The summed E-state index contributed by atoms with van der Waals surface area (Å²) < 4.78 is 31.6. The van der Waals surface area contributed by atoms with Gasteiger partial charge in [-0.15, -0.1) is 0 Å². The van der Waals surface area contributed by atoms with Gasteiger partial charge in [0.1, 0.15) is 11.8 Å². The van der Waals surface area contributed by atoms with Gasteiger partial charge in [0.25, 0.3) is 0 Å². The van der Waals surface area contributed by atoms with Crippen LogP contribution in [-0.4, -0.2) is 45.4 Å². The van der Waals surface area contributed by atoms with Crippen molar-refractivity contribution in [3.05, 3.63) is 95.2 Å². The van der Waals surface area contributed by atoms with E-state index in [1.165, 1.54) is 4.90 Å². The molecular formula is C29H29N3O5S. The first kappa shape index (κ1) is 25.5. The van der Waals surface area contributed by atoms with Gasteiger partial charge in [0.2, 0.25) is 11.8 Å². The highest BCUT2D eigenvalue weighted by molar-refractivity contribution is 7.89. The Morgan fingerprint density at radius 2 is 1.71 bits per heavy atom. The number of fused-ring (bicyclic) bond motifs is 5. The number of hydrogen-bond donors (Lipinski definition) is 2. The molecular weight excluding hydrogens is 502 g/mol. The molecule has 0 radical (unpaired) electrons. The minimum absolute atomic E-state index is 0.0531. The summed E-state index contributed by atoms with van der Waals surface area (Å²) in [6, 6.07) is 20.9. The molecule has 1 aliphatic heterocycles. The first-order chi connectivity index (χ1) is 18.2. The van der Waals surface area contributed by atoms with E-state index in [1.807, 2.05) is 30.3 Å². The summed E-state index contributed by atoms with van der Waals surface area (Å²) in [5.41, 5.74) is 3.95. The molecule has 3 aromatic carbocycles. The van der Waals surface area contributed by atoms with E-state index in [1.54, 1.807) is 56.6 Å². The Balaban J connectivity index is 1.54. The number of amides is 2. The molecule has 0 fully saturated rings. The number of benzene rings is 3. The van der Waals surface area contributed by atoms with Crippen LogP contribution in [0.25, 0.3) is 10.9 Å². The number of ether oxygens (including phenoxy) is 1. The minimum atomic E-state index is -3.53. The maximum absolute atomic E-state index is 13.7. The van der Waals surface area contributed by atoms with Crippen LogP contribution in [0.1, 0.15) is 22.4 Å². The molecule has 38 heavy (non-hydrogen) atoms. The standard InChI is InChI=1S/C29H29N3O5S/c1-32(21-10-12-22(37-2)13-11-21)29(34)26-15-19-6-5-7-20(14-19)17-38(35,36)18-27-24(16-28(33)31-26)23-8-3-4-9-25(23)30-27/h3-14,26,30H,15-18H2,1-2H3,(H,31,33). The number of nitrogens with zero attached hydrogens (tertiary/aromatic N) is 1. The van der Waals surface area contributed by atoms with E-state index >= 15 is 0 Å². The predicted octanol–water partition coefficient (Wildman–Crippen LogP) is 3.54. The lowest BCUT2D eigenvalue weighted by Crippen LogP contribution is -2.49. The molecule has 0 saturated carbocycles. The molecule has 1 aliphatic rings. The van der Waals surface area contributed by atoms with Gasteiger partial charge in [0.15, 0.2) is 9.84 Å². The first-order valence-electron chi connectivity index (χ1n) is 12.3. The Kier molecular flexibility index (Phi) is 6.94. The third kappa shape index (κ3) is 5.43. The average molecular weight is 532 g/mol. The van der Waals surface area contributed by atoms with Crippen LogP contribution in [0.5, 0.6) is 5.75 Å². The Morgan fingerprint density at radius 1 is 0.974 bits per heavy atom. The molecule has 1 unspecified atom stereocenters. The van der Waals surface area contributed by atoms with E-state index in [2.05, 4.69) is 10.3 Å². The van der Waals surface area contributed by atoms with Crippen molar-refractivity contribution in [2.75, 3.05) is 19.1 Å². The van der Waals surface area contributed by atoms with E-state index in [-0.39, 0.29) is 36.2 Å². The van der Waals surface area contributed by atoms with Crippen LogP contribution in [-0.2, 0) is 43.8 Å². The fraction of sp³-hybridized carbons (Fsp3) is 0.241. The monoisotopic (exact) mass is 531 g/mol. The Labute approximate surface area is 221 Å². The molecule has 5 rings (SSSR count). The molecule has 2 N–H and O–H groups in total. The predicted molar refractivity (Wildman–Crippen MR) is 147 cm³/mol.